The second kappa shape index (κ2) is 18.3. The Morgan fingerprint density at radius 3 is 2.14 bits per heavy atom. The molecule has 2 aromatic carbocycles. The summed E-state index contributed by atoms with van der Waals surface area (Å²) in [4.78, 5) is 1.95. The van der Waals surface area contributed by atoms with E-state index >= 15 is 0 Å². The van der Waals surface area contributed by atoms with Crippen molar-refractivity contribution in [1.82, 2.24) is 0 Å². The third-order valence-electron chi connectivity index (χ3n) is 7.96. The van der Waals surface area contributed by atoms with Crippen LogP contribution in [0.15, 0.2) is 82.7 Å². The van der Waals surface area contributed by atoms with E-state index in [2.05, 4.69) is 49.7 Å². The first-order valence-electron chi connectivity index (χ1n) is 14.8. The van der Waals surface area contributed by atoms with Gasteiger partial charge in [-0.1, -0.05) is 104 Å². The zero-order chi connectivity index (χ0) is 31.1. The Balaban J connectivity index is 2.20. The van der Waals surface area contributed by atoms with Gasteiger partial charge in [-0.15, -0.1) is 0 Å². The fourth-order valence-corrected chi connectivity index (χ4v) is 9.45. The van der Waals surface area contributed by atoms with E-state index in [0.717, 1.165) is 42.1 Å². The van der Waals surface area contributed by atoms with E-state index in [9.17, 15) is 8.42 Å². The minimum absolute atomic E-state index is 0.0128. The third kappa shape index (κ3) is 11.5. The first-order valence-corrected chi connectivity index (χ1v) is 19.7. The highest BCUT2D eigenvalue weighted by Crippen LogP contribution is 2.36. The third-order valence-corrected chi connectivity index (χ3v) is 14.4. The van der Waals surface area contributed by atoms with Gasteiger partial charge in [-0.25, -0.2) is 0 Å². The van der Waals surface area contributed by atoms with Crippen LogP contribution in [-0.4, -0.2) is 48.9 Å². The van der Waals surface area contributed by atoms with Crippen LogP contribution in [0.4, 0.5) is 0 Å². The van der Waals surface area contributed by atoms with Crippen molar-refractivity contribution in [1.29, 1.82) is 0 Å². The van der Waals surface area contributed by atoms with Gasteiger partial charge in [0.25, 0.3) is 10.1 Å². The molecule has 0 unspecified atom stereocenters. The van der Waals surface area contributed by atoms with Gasteiger partial charge in [0.15, 0.2) is 8.32 Å². The molecule has 0 heterocycles. The average Bonchev–Trinajstić information content (AvgIpc) is 3.01. The van der Waals surface area contributed by atoms with Crippen LogP contribution in [-0.2, 0) is 28.2 Å². The van der Waals surface area contributed by atoms with Crippen LogP contribution >= 0.6 is 15.9 Å². The van der Waals surface area contributed by atoms with Crippen molar-refractivity contribution in [2.45, 2.75) is 88.6 Å². The van der Waals surface area contributed by atoms with Crippen LogP contribution < -0.4 is 0 Å². The molecule has 0 aliphatic carbocycles. The summed E-state index contributed by atoms with van der Waals surface area (Å²) in [6.07, 6.45) is 8.05. The number of ether oxygens (including phenoxy) is 2. The van der Waals surface area contributed by atoms with E-state index in [1.165, 1.54) is 0 Å². The van der Waals surface area contributed by atoms with Gasteiger partial charge in [-0.2, -0.15) is 8.42 Å². The normalized spacial score (nSPS) is 15.7. The standard InChI is InChI=1S/C33H49BrO6SSi/c1-7-42(8-2,9-3)40-33(5,23-15-10-11-16-24-34)25-32(38-27-37-6)28(4)26-39-41(35,36)31-21-19-30(20-22-31)29-17-13-12-14-18-29/h10-14,16-22,24,28,32H,7-9,15,23,25-27H2,1-6H3/b11-10+,24-16-/t28-,32-,33-/m1/s1. The molecule has 42 heavy (non-hydrogen) atoms. The number of hydrogen-bond acceptors (Lipinski definition) is 6. The van der Waals surface area contributed by atoms with Crippen molar-refractivity contribution in [2.24, 2.45) is 5.92 Å². The Bertz CT molecular complexity index is 1190. The molecular weight excluding hydrogens is 632 g/mol. The van der Waals surface area contributed by atoms with Gasteiger partial charge < -0.3 is 13.9 Å². The summed E-state index contributed by atoms with van der Waals surface area (Å²) in [5, 5.41) is 0. The van der Waals surface area contributed by atoms with Gasteiger partial charge >= 0.3 is 0 Å². The largest absolute Gasteiger partial charge is 0.412 e. The number of methoxy groups -OCH3 is 1. The van der Waals surface area contributed by atoms with Crippen LogP contribution in [0.2, 0.25) is 18.1 Å². The lowest BCUT2D eigenvalue weighted by Crippen LogP contribution is -2.48. The summed E-state index contributed by atoms with van der Waals surface area (Å²) in [5.74, 6) is -0.228. The molecule has 0 aromatic heterocycles. The predicted octanol–water partition coefficient (Wildman–Crippen LogP) is 9.10. The molecule has 0 aliphatic heterocycles. The van der Waals surface area contributed by atoms with Gasteiger partial charge in [-0.05, 0) is 66.1 Å². The van der Waals surface area contributed by atoms with Crippen molar-refractivity contribution < 1.29 is 26.5 Å². The topological polar surface area (TPSA) is 71.1 Å². The molecule has 234 valence electrons. The molecule has 3 atom stereocenters. The number of hydrogen-bond donors (Lipinski definition) is 0. The molecule has 6 nitrogen and oxygen atoms in total. The maximum atomic E-state index is 13.1. The maximum absolute atomic E-state index is 13.1. The molecular formula is C33H49BrO6SSi. The van der Waals surface area contributed by atoms with Crippen molar-refractivity contribution in [3.63, 3.8) is 0 Å². The molecule has 0 bridgehead atoms. The summed E-state index contributed by atoms with van der Waals surface area (Å²) >= 11 is 3.30. The molecule has 0 fully saturated rings. The number of halogens is 1. The average molecular weight is 682 g/mol. The van der Waals surface area contributed by atoms with E-state index < -0.39 is 24.0 Å². The number of allylic oxidation sites excluding steroid dienone is 3. The van der Waals surface area contributed by atoms with Crippen LogP contribution in [0, 0.1) is 5.92 Å². The van der Waals surface area contributed by atoms with Gasteiger partial charge in [-0.3, -0.25) is 4.18 Å². The molecule has 0 spiro atoms. The lowest BCUT2D eigenvalue weighted by atomic mass is 9.88. The van der Waals surface area contributed by atoms with Gasteiger partial charge in [0, 0.05) is 19.4 Å². The zero-order valence-electron chi connectivity index (χ0n) is 26.1. The van der Waals surface area contributed by atoms with E-state index in [-0.39, 0.29) is 30.3 Å². The molecule has 0 N–H and O–H groups in total. The van der Waals surface area contributed by atoms with Gasteiger partial charge in [0.1, 0.15) is 6.79 Å². The monoisotopic (exact) mass is 680 g/mol. The van der Waals surface area contributed by atoms with Crippen LogP contribution in [0.25, 0.3) is 11.1 Å². The molecule has 0 radical (unpaired) electrons. The van der Waals surface area contributed by atoms with Crippen LogP contribution in [0.3, 0.4) is 0 Å². The molecule has 0 saturated heterocycles. The highest BCUT2D eigenvalue weighted by molar-refractivity contribution is 9.11. The Kier molecular flexibility index (Phi) is 15.9. The second-order valence-electron chi connectivity index (χ2n) is 11.0. The summed E-state index contributed by atoms with van der Waals surface area (Å²) < 4.78 is 50.3. The van der Waals surface area contributed by atoms with Crippen molar-refractivity contribution >= 4 is 34.4 Å². The van der Waals surface area contributed by atoms with Crippen molar-refractivity contribution in [3.8, 4) is 11.1 Å². The lowest BCUT2D eigenvalue weighted by Gasteiger charge is -2.43. The Labute approximate surface area is 263 Å². The van der Waals surface area contributed by atoms with Gasteiger partial charge in [0.05, 0.1) is 23.2 Å². The van der Waals surface area contributed by atoms with Gasteiger partial charge in [0.2, 0.25) is 0 Å². The summed E-state index contributed by atoms with van der Waals surface area (Å²) in [7, 11) is -4.30. The Hall–Kier alpha value is -1.59. The number of benzene rings is 2. The van der Waals surface area contributed by atoms with Crippen LogP contribution in [0.1, 0.15) is 53.9 Å². The molecule has 2 aromatic rings. The fourth-order valence-electron chi connectivity index (χ4n) is 5.11. The minimum Gasteiger partial charge on any atom is -0.412 e. The van der Waals surface area contributed by atoms with Crippen LogP contribution in [0.5, 0.6) is 0 Å². The van der Waals surface area contributed by atoms with E-state index in [1.807, 2.05) is 54.4 Å². The number of rotatable bonds is 20. The zero-order valence-corrected chi connectivity index (χ0v) is 29.5. The molecule has 0 saturated carbocycles. The smallest absolute Gasteiger partial charge is 0.296 e. The molecule has 9 heteroatoms. The molecule has 0 aliphatic rings. The SMILES string of the molecule is CC[Si](CC)(CC)O[C@](C)(CC/C=C/C=C\Br)C[C@@H](OCOC)[C@H](C)COS(=O)(=O)c1ccc(-c2ccccc2)cc1. The quantitative estimate of drug-likeness (QED) is 0.0601. The second-order valence-corrected chi connectivity index (χ2v) is 17.8. The first-order chi connectivity index (χ1) is 20.1. The fraction of sp³-hybridized carbons (Fsp3) is 0.515. The first kappa shape index (κ1) is 36.6. The van der Waals surface area contributed by atoms with E-state index in [4.69, 9.17) is 18.1 Å². The predicted molar refractivity (Wildman–Crippen MR) is 179 cm³/mol. The van der Waals surface area contributed by atoms with Crippen molar-refractivity contribution in [2.75, 3.05) is 20.5 Å². The lowest BCUT2D eigenvalue weighted by molar-refractivity contribution is -0.117. The Morgan fingerprint density at radius 2 is 1.57 bits per heavy atom. The maximum Gasteiger partial charge on any atom is 0.296 e. The highest BCUT2D eigenvalue weighted by atomic mass is 79.9. The summed E-state index contributed by atoms with van der Waals surface area (Å²) in [5.41, 5.74) is 1.52. The van der Waals surface area contributed by atoms with E-state index in [1.54, 1.807) is 31.4 Å². The summed E-state index contributed by atoms with van der Waals surface area (Å²) in [6.45, 7) is 10.9. The summed E-state index contributed by atoms with van der Waals surface area (Å²) in [6, 6.07) is 19.8. The van der Waals surface area contributed by atoms with E-state index in [0.29, 0.717) is 6.42 Å². The Morgan fingerprint density at radius 1 is 0.952 bits per heavy atom. The minimum atomic E-state index is -3.95. The van der Waals surface area contributed by atoms with Crippen molar-refractivity contribution in [3.05, 3.63) is 77.8 Å². The highest BCUT2D eigenvalue weighted by Gasteiger charge is 2.40. The molecule has 0 amide bonds. The molecule has 2 rings (SSSR count).